The molecule has 1 amide bonds. The van der Waals surface area contributed by atoms with E-state index in [1.54, 1.807) is 20.4 Å². The summed E-state index contributed by atoms with van der Waals surface area (Å²) in [5.74, 6) is 3.70. The average Bonchev–Trinajstić information content (AvgIpc) is 3.64. The molecule has 1 spiro atoms. The van der Waals surface area contributed by atoms with Crippen LogP contribution in [0.25, 0.3) is 5.52 Å². The van der Waals surface area contributed by atoms with Gasteiger partial charge in [-0.2, -0.15) is 0 Å². The van der Waals surface area contributed by atoms with Crippen LogP contribution in [0.1, 0.15) is 43.0 Å². The Morgan fingerprint density at radius 3 is 2.78 bits per heavy atom. The molecule has 0 unspecified atom stereocenters. The number of benzene rings is 1. The van der Waals surface area contributed by atoms with Crippen LogP contribution in [-0.4, -0.2) is 76.0 Å². The summed E-state index contributed by atoms with van der Waals surface area (Å²) >= 11 is 3.68. The molecule has 3 aromatic rings. The standard InChI is InChI=1S/C26H31BrN6O3/c1-31-15-18-6-4-17(14-33(18)25(34)26(31)8-9-26)24-30-22(27)21-23(28-10-11-32(21)24)29-13-16-5-7-19(35-2)12-20(16)36-3/h5,7,10-12,17-18H,4,6,8-9,13-15H2,1-3H3,(H,28,29)/t17-,18+/m1/s1. The van der Waals surface area contributed by atoms with Crippen LogP contribution in [0.15, 0.2) is 35.2 Å². The van der Waals surface area contributed by atoms with E-state index in [2.05, 4.69) is 47.5 Å². The van der Waals surface area contributed by atoms with Crippen molar-refractivity contribution in [2.24, 2.45) is 0 Å². The number of fused-ring (bicyclic) bond motifs is 2. The number of amides is 1. The highest BCUT2D eigenvalue weighted by molar-refractivity contribution is 9.10. The molecule has 3 aliphatic rings. The lowest BCUT2D eigenvalue weighted by molar-refractivity contribution is -0.149. The molecule has 9 nitrogen and oxygen atoms in total. The number of aromatic nitrogens is 3. The fourth-order valence-corrected chi connectivity index (χ4v) is 6.49. The minimum Gasteiger partial charge on any atom is -0.497 e. The fraction of sp³-hybridized carbons (Fsp3) is 0.500. The smallest absolute Gasteiger partial charge is 0.243 e. The largest absolute Gasteiger partial charge is 0.497 e. The van der Waals surface area contributed by atoms with E-state index in [4.69, 9.17) is 14.5 Å². The van der Waals surface area contributed by atoms with Gasteiger partial charge in [0.25, 0.3) is 0 Å². The Kier molecular flexibility index (Phi) is 5.83. The van der Waals surface area contributed by atoms with Crippen molar-refractivity contribution in [1.82, 2.24) is 24.2 Å². The molecule has 0 radical (unpaired) electrons. The van der Waals surface area contributed by atoms with Crippen molar-refractivity contribution >= 4 is 33.2 Å². The zero-order valence-electron chi connectivity index (χ0n) is 20.8. The van der Waals surface area contributed by atoms with Gasteiger partial charge in [0.1, 0.15) is 33.0 Å². The third kappa shape index (κ3) is 3.73. The number of hydrogen-bond acceptors (Lipinski definition) is 7. The Hall–Kier alpha value is -2.85. The summed E-state index contributed by atoms with van der Waals surface area (Å²) in [7, 11) is 5.40. The molecule has 36 heavy (non-hydrogen) atoms. The number of hydrogen-bond donors (Lipinski definition) is 1. The number of likely N-dealkylation sites (N-methyl/N-ethyl adjacent to an activating group) is 1. The van der Waals surface area contributed by atoms with Crippen molar-refractivity contribution in [2.45, 2.75) is 49.7 Å². The van der Waals surface area contributed by atoms with Crippen molar-refractivity contribution in [3.8, 4) is 11.5 Å². The summed E-state index contributed by atoms with van der Waals surface area (Å²) in [5, 5.41) is 3.46. The Morgan fingerprint density at radius 1 is 1.19 bits per heavy atom. The molecule has 2 aromatic heterocycles. The molecule has 1 saturated carbocycles. The molecule has 2 saturated heterocycles. The highest BCUT2D eigenvalue weighted by atomic mass is 79.9. The van der Waals surface area contributed by atoms with E-state index in [0.717, 1.165) is 77.6 Å². The van der Waals surface area contributed by atoms with Gasteiger partial charge in [0.05, 0.1) is 14.2 Å². The van der Waals surface area contributed by atoms with Crippen LogP contribution in [0.4, 0.5) is 5.82 Å². The minimum absolute atomic E-state index is 0.181. The number of piperazine rings is 1. The lowest BCUT2D eigenvalue weighted by Crippen LogP contribution is -2.64. The third-order valence-electron chi connectivity index (χ3n) is 8.15. The Labute approximate surface area is 218 Å². The van der Waals surface area contributed by atoms with Crippen molar-refractivity contribution in [3.63, 3.8) is 0 Å². The summed E-state index contributed by atoms with van der Waals surface area (Å²) in [6.45, 7) is 2.23. The van der Waals surface area contributed by atoms with Gasteiger partial charge in [-0.05, 0) is 60.8 Å². The molecule has 1 aromatic carbocycles. The Bertz CT molecular complexity index is 1320. The number of methoxy groups -OCH3 is 2. The van der Waals surface area contributed by atoms with Crippen LogP contribution in [0.5, 0.6) is 11.5 Å². The molecule has 1 aliphatic carbocycles. The van der Waals surface area contributed by atoms with Gasteiger partial charge in [-0.1, -0.05) is 0 Å². The van der Waals surface area contributed by atoms with E-state index in [9.17, 15) is 4.79 Å². The van der Waals surface area contributed by atoms with Crippen LogP contribution in [0.2, 0.25) is 0 Å². The topological polar surface area (TPSA) is 84.2 Å². The van der Waals surface area contributed by atoms with Crippen molar-refractivity contribution in [3.05, 3.63) is 46.6 Å². The maximum Gasteiger partial charge on any atom is 0.243 e. The van der Waals surface area contributed by atoms with Gasteiger partial charge in [0.15, 0.2) is 5.82 Å². The lowest BCUT2D eigenvalue weighted by Gasteiger charge is -2.48. The first kappa shape index (κ1) is 23.5. The first-order chi connectivity index (χ1) is 17.4. The van der Waals surface area contributed by atoms with E-state index in [1.165, 1.54) is 0 Å². The first-order valence-corrected chi connectivity index (χ1v) is 13.2. The second-order valence-corrected chi connectivity index (χ2v) is 10.8. The third-order valence-corrected chi connectivity index (χ3v) is 8.70. The van der Waals surface area contributed by atoms with Gasteiger partial charge in [0.2, 0.25) is 5.91 Å². The molecule has 10 heteroatoms. The zero-order chi connectivity index (χ0) is 25.0. The molecule has 3 fully saturated rings. The number of carbonyl (C=O) groups is 1. The number of piperidine rings is 1. The number of rotatable bonds is 6. The van der Waals surface area contributed by atoms with Crippen LogP contribution in [-0.2, 0) is 11.3 Å². The number of nitrogens with zero attached hydrogens (tertiary/aromatic N) is 5. The molecular weight excluding hydrogens is 524 g/mol. The maximum atomic E-state index is 13.4. The predicted molar refractivity (Wildman–Crippen MR) is 140 cm³/mol. The summed E-state index contributed by atoms with van der Waals surface area (Å²) in [6.07, 6.45) is 7.72. The molecule has 190 valence electrons. The number of carbonyl (C=O) groups excluding carboxylic acids is 1. The summed E-state index contributed by atoms with van der Waals surface area (Å²) in [6, 6.07) is 6.08. The first-order valence-electron chi connectivity index (χ1n) is 12.4. The number of ether oxygens (including phenoxy) is 2. The number of anilines is 1. The number of nitrogens with one attached hydrogen (secondary N) is 1. The van der Waals surface area contributed by atoms with Crippen LogP contribution >= 0.6 is 15.9 Å². The van der Waals surface area contributed by atoms with Gasteiger partial charge in [-0.15, -0.1) is 0 Å². The van der Waals surface area contributed by atoms with Crippen molar-refractivity contribution in [1.29, 1.82) is 0 Å². The van der Waals surface area contributed by atoms with E-state index in [0.29, 0.717) is 18.5 Å². The summed E-state index contributed by atoms with van der Waals surface area (Å²) in [5.41, 5.74) is 1.65. The van der Waals surface area contributed by atoms with E-state index < -0.39 is 0 Å². The number of imidazole rings is 1. The zero-order valence-corrected chi connectivity index (χ0v) is 22.4. The lowest BCUT2D eigenvalue weighted by atomic mass is 9.88. The van der Waals surface area contributed by atoms with Gasteiger partial charge in [-0.25, -0.2) is 9.97 Å². The van der Waals surface area contributed by atoms with E-state index >= 15 is 0 Å². The maximum absolute atomic E-state index is 13.4. The molecule has 0 bridgehead atoms. The van der Waals surface area contributed by atoms with Crippen LogP contribution in [0.3, 0.4) is 0 Å². The monoisotopic (exact) mass is 554 g/mol. The molecule has 6 rings (SSSR count). The minimum atomic E-state index is -0.239. The fourth-order valence-electron chi connectivity index (χ4n) is 5.93. The highest BCUT2D eigenvalue weighted by Gasteiger charge is 2.59. The molecule has 1 N–H and O–H groups in total. The highest BCUT2D eigenvalue weighted by Crippen LogP contribution is 2.47. The van der Waals surface area contributed by atoms with E-state index in [1.807, 2.05) is 24.4 Å². The normalized spacial score (nSPS) is 23.1. The molecule has 2 aliphatic heterocycles. The second kappa shape index (κ2) is 8.92. The van der Waals surface area contributed by atoms with Crippen LogP contribution in [0, 0.1) is 0 Å². The van der Waals surface area contributed by atoms with Gasteiger partial charge >= 0.3 is 0 Å². The number of halogens is 1. The molecule has 4 heterocycles. The predicted octanol–water partition coefficient (Wildman–Crippen LogP) is 3.67. The van der Waals surface area contributed by atoms with Crippen molar-refractivity contribution < 1.29 is 14.3 Å². The summed E-state index contributed by atoms with van der Waals surface area (Å²) in [4.78, 5) is 27.3. The summed E-state index contributed by atoms with van der Waals surface area (Å²) < 4.78 is 13.7. The van der Waals surface area contributed by atoms with Crippen molar-refractivity contribution in [2.75, 3.05) is 39.7 Å². The Morgan fingerprint density at radius 2 is 2.03 bits per heavy atom. The van der Waals surface area contributed by atoms with Gasteiger partial charge in [0, 0.05) is 55.6 Å². The van der Waals surface area contributed by atoms with Gasteiger partial charge in [-0.3, -0.25) is 14.1 Å². The van der Waals surface area contributed by atoms with Gasteiger partial charge < -0.3 is 19.7 Å². The second-order valence-electron chi connectivity index (χ2n) is 10.1. The van der Waals surface area contributed by atoms with Crippen LogP contribution < -0.4 is 14.8 Å². The SMILES string of the molecule is COc1ccc(CNc2nccn3c([C@@H]4CC[C@H]5CN(C)C6(CC6)C(=O)N5C4)nc(Br)c23)c(OC)c1. The average molecular weight is 555 g/mol. The quantitative estimate of drug-likeness (QED) is 0.497. The molecular formula is C26H31BrN6O3. The Balaban J connectivity index is 1.26. The molecule has 2 atom stereocenters. The van der Waals surface area contributed by atoms with E-state index in [-0.39, 0.29) is 11.5 Å².